The summed E-state index contributed by atoms with van der Waals surface area (Å²) in [5, 5.41) is 6.39. The van der Waals surface area contributed by atoms with Crippen LogP contribution in [0, 0.1) is 0 Å². The Kier molecular flexibility index (Phi) is 4.24. The zero-order chi connectivity index (χ0) is 14.5. The lowest BCUT2D eigenvalue weighted by atomic mass is 10.0. The molecule has 2 aromatic rings. The highest BCUT2D eigenvalue weighted by Crippen LogP contribution is 2.17. The van der Waals surface area contributed by atoms with Crippen LogP contribution in [0.2, 0.25) is 0 Å². The monoisotopic (exact) mass is 273 g/mol. The van der Waals surface area contributed by atoms with Crippen LogP contribution in [0.4, 0.5) is 0 Å². The summed E-state index contributed by atoms with van der Waals surface area (Å²) in [6.07, 6.45) is 3.66. The molecule has 6 nitrogen and oxygen atoms in total. The summed E-state index contributed by atoms with van der Waals surface area (Å²) >= 11 is 0. The third-order valence-electron chi connectivity index (χ3n) is 2.95. The van der Waals surface area contributed by atoms with E-state index in [1.54, 1.807) is 24.5 Å². The molecular formula is C14H15N3O3. The van der Waals surface area contributed by atoms with E-state index in [-0.39, 0.29) is 18.1 Å². The zero-order valence-corrected chi connectivity index (χ0v) is 11.3. The third kappa shape index (κ3) is 2.74. The van der Waals surface area contributed by atoms with Crippen LogP contribution >= 0.6 is 0 Å². The molecule has 1 N–H and O–H groups in total. The molecule has 104 valence electrons. The van der Waals surface area contributed by atoms with Crippen LogP contribution in [0.3, 0.4) is 0 Å². The van der Waals surface area contributed by atoms with Gasteiger partial charge in [-0.05, 0) is 18.6 Å². The maximum Gasteiger partial charge on any atom is 0.256 e. The van der Waals surface area contributed by atoms with Crippen molar-refractivity contribution < 1.29 is 14.1 Å². The van der Waals surface area contributed by atoms with Gasteiger partial charge in [-0.2, -0.15) is 0 Å². The number of ketones is 1. The SMILES string of the molecule is CCc1noc(CC(=O)c2ccncc2)c1C(=O)NC. The van der Waals surface area contributed by atoms with Crippen molar-refractivity contribution in [3.63, 3.8) is 0 Å². The van der Waals surface area contributed by atoms with E-state index in [2.05, 4.69) is 15.5 Å². The topological polar surface area (TPSA) is 85.1 Å². The maximum atomic E-state index is 12.1. The average Bonchev–Trinajstić information content (AvgIpc) is 2.90. The molecule has 0 aliphatic carbocycles. The number of hydrogen-bond acceptors (Lipinski definition) is 5. The lowest BCUT2D eigenvalue weighted by Gasteiger charge is -2.02. The first-order chi connectivity index (χ1) is 9.67. The van der Waals surface area contributed by atoms with Gasteiger partial charge in [0.1, 0.15) is 5.56 Å². The molecule has 0 radical (unpaired) electrons. The number of hydrogen-bond donors (Lipinski definition) is 1. The molecule has 0 fully saturated rings. The molecule has 2 aromatic heterocycles. The van der Waals surface area contributed by atoms with Gasteiger partial charge in [0.25, 0.3) is 5.91 Å². The first-order valence-electron chi connectivity index (χ1n) is 6.30. The molecule has 0 aliphatic rings. The van der Waals surface area contributed by atoms with Gasteiger partial charge >= 0.3 is 0 Å². The number of amides is 1. The Bertz CT molecular complexity index is 620. The van der Waals surface area contributed by atoms with E-state index in [9.17, 15) is 9.59 Å². The van der Waals surface area contributed by atoms with Crippen molar-refractivity contribution in [3.05, 3.63) is 47.1 Å². The van der Waals surface area contributed by atoms with Gasteiger partial charge in [0.2, 0.25) is 0 Å². The van der Waals surface area contributed by atoms with Crippen LogP contribution in [0.5, 0.6) is 0 Å². The van der Waals surface area contributed by atoms with Crippen molar-refractivity contribution in [2.24, 2.45) is 0 Å². The molecule has 2 heterocycles. The van der Waals surface area contributed by atoms with Crippen molar-refractivity contribution in [2.45, 2.75) is 19.8 Å². The Morgan fingerprint density at radius 1 is 1.30 bits per heavy atom. The highest BCUT2D eigenvalue weighted by atomic mass is 16.5. The first kappa shape index (κ1) is 13.9. The largest absolute Gasteiger partial charge is 0.360 e. The van der Waals surface area contributed by atoms with Gasteiger partial charge in [-0.25, -0.2) is 0 Å². The van der Waals surface area contributed by atoms with Crippen molar-refractivity contribution in [2.75, 3.05) is 7.05 Å². The number of carbonyl (C=O) groups is 2. The molecule has 0 saturated heterocycles. The van der Waals surface area contributed by atoms with Crippen LogP contribution in [-0.2, 0) is 12.8 Å². The van der Waals surface area contributed by atoms with Gasteiger partial charge in [-0.3, -0.25) is 14.6 Å². The molecule has 20 heavy (non-hydrogen) atoms. The molecule has 2 rings (SSSR count). The average molecular weight is 273 g/mol. The standard InChI is InChI=1S/C14H15N3O3/c1-3-10-13(14(19)15-2)12(20-17-10)8-11(18)9-4-6-16-7-5-9/h4-7H,3,8H2,1-2H3,(H,15,19). The van der Waals surface area contributed by atoms with Crippen molar-refractivity contribution in [1.29, 1.82) is 0 Å². The van der Waals surface area contributed by atoms with E-state index in [1.165, 1.54) is 7.05 Å². The van der Waals surface area contributed by atoms with Crippen LogP contribution in [0.25, 0.3) is 0 Å². The molecule has 0 saturated carbocycles. The number of nitrogens with one attached hydrogen (secondary N) is 1. The number of nitrogens with zero attached hydrogens (tertiary/aromatic N) is 2. The highest BCUT2D eigenvalue weighted by Gasteiger charge is 2.23. The van der Waals surface area contributed by atoms with Gasteiger partial charge in [0.05, 0.1) is 12.1 Å². The maximum absolute atomic E-state index is 12.1. The summed E-state index contributed by atoms with van der Waals surface area (Å²) in [4.78, 5) is 27.8. The second kappa shape index (κ2) is 6.10. The normalized spacial score (nSPS) is 10.3. The van der Waals surface area contributed by atoms with E-state index < -0.39 is 0 Å². The van der Waals surface area contributed by atoms with Crippen LogP contribution in [-0.4, -0.2) is 28.9 Å². The Morgan fingerprint density at radius 3 is 2.60 bits per heavy atom. The molecule has 0 aromatic carbocycles. The van der Waals surface area contributed by atoms with E-state index in [1.807, 2.05) is 6.92 Å². The number of aromatic nitrogens is 2. The molecule has 1 amide bonds. The number of Topliss-reactive ketones (excluding diaryl/α,β-unsaturated/α-hetero) is 1. The quantitative estimate of drug-likeness (QED) is 0.833. The second-order valence-electron chi connectivity index (χ2n) is 4.20. The summed E-state index contributed by atoms with van der Waals surface area (Å²) in [6, 6.07) is 3.25. The van der Waals surface area contributed by atoms with Gasteiger partial charge < -0.3 is 9.84 Å². The molecule has 0 aliphatic heterocycles. The fourth-order valence-corrected chi connectivity index (χ4v) is 1.89. The van der Waals surface area contributed by atoms with Gasteiger partial charge in [0.15, 0.2) is 11.5 Å². The molecule has 0 spiro atoms. The van der Waals surface area contributed by atoms with Crippen LogP contribution in [0.15, 0.2) is 29.0 Å². The summed E-state index contributed by atoms with van der Waals surface area (Å²) in [6.45, 7) is 1.87. The fraction of sp³-hybridized carbons (Fsp3) is 0.286. The fourth-order valence-electron chi connectivity index (χ4n) is 1.89. The first-order valence-corrected chi connectivity index (χ1v) is 6.30. The molecule has 0 unspecified atom stereocenters. The van der Waals surface area contributed by atoms with E-state index >= 15 is 0 Å². The van der Waals surface area contributed by atoms with Crippen molar-refractivity contribution in [3.8, 4) is 0 Å². The van der Waals surface area contributed by atoms with E-state index in [0.29, 0.717) is 29.0 Å². The number of aryl methyl sites for hydroxylation is 1. The molecule has 0 atom stereocenters. The predicted molar refractivity (Wildman–Crippen MR) is 71.5 cm³/mol. The zero-order valence-electron chi connectivity index (χ0n) is 11.3. The Labute approximate surface area is 116 Å². The van der Waals surface area contributed by atoms with Crippen LogP contribution < -0.4 is 5.32 Å². The summed E-state index contributed by atoms with van der Waals surface area (Å²) in [7, 11) is 1.53. The van der Waals surface area contributed by atoms with Crippen molar-refractivity contribution in [1.82, 2.24) is 15.5 Å². The van der Waals surface area contributed by atoms with Gasteiger partial charge in [0, 0.05) is 25.0 Å². The smallest absolute Gasteiger partial charge is 0.256 e. The Balaban J connectivity index is 2.28. The van der Waals surface area contributed by atoms with Crippen molar-refractivity contribution >= 4 is 11.7 Å². The molecule has 6 heteroatoms. The minimum absolute atomic E-state index is 0.000231. The number of rotatable bonds is 5. The lowest BCUT2D eigenvalue weighted by Crippen LogP contribution is -2.21. The third-order valence-corrected chi connectivity index (χ3v) is 2.95. The second-order valence-corrected chi connectivity index (χ2v) is 4.20. The predicted octanol–water partition coefficient (Wildman–Crippen LogP) is 1.42. The van der Waals surface area contributed by atoms with Gasteiger partial charge in [-0.1, -0.05) is 12.1 Å². The minimum Gasteiger partial charge on any atom is -0.360 e. The molecular weight excluding hydrogens is 258 g/mol. The van der Waals surface area contributed by atoms with E-state index in [4.69, 9.17) is 4.52 Å². The molecule has 0 bridgehead atoms. The lowest BCUT2D eigenvalue weighted by molar-refractivity contribution is 0.0959. The summed E-state index contributed by atoms with van der Waals surface area (Å²) < 4.78 is 5.15. The number of carbonyl (C=O) groups excluding carboxylic acids is 2. The Morgan fingerprint density at radius 2 is 2.00 bits per heavy atom. The number of pyridine rings is 1. The summed E-state index contributed by atoms with van der Waals surface area (Å²) in [5.74, 6) is -0.139. The van der Waals surface area contributed by atoms with Crippen LogP contribution in [0.1, 0.15) is 39.1 Å². The van der Waals surface area contributed by atoms with E-state index in [0.717, 1.165) is 0 Å². The van der Waals surface area contributed by atoms with Gasteiger partial charge in [-0.15, -0.1) is 0 Å². The Hall–Kier alpha value is -2.50. The minimum atomic E-state index is -0.291. The highest BCUT2D eigenvalue weighted by molar-refractivity contribution is 6.01. The summed E-state index contributed by atoms with van der Waals surface area (Å²) in [5.41, 5.74) is 1.44.